The number of aromatic carboxylic acids is 1. The van der Waals surface area contributed by atoms with Gasteiger partial charge in [0.15, 0.2) is 0 Å². The van der Waals surface area contributed by atoms with Gasteiger partial charge in [0.2, 0.25) is 0 Å². The van der Waals surface area contributed by atoms with Gasteiger partial charge in [0, 0.05) is 46.7 Å². The van der Waals surface area contributed by atoms with E-state index in [0.717, 1.165) is 33.3 Å². The van der Waals surface area contributed by atoms with Crippen LogP contribution in [0.5, 0.6) is 5.75 Å². The van der Waals surface area contributed by atoms with Crippen LogP contribution in [0.2, 0.25) is 5.02 Å². The van der Waals surface area contributed by atoms with Crippen LogP contribution in [0.4, 0.5) is 0 Å². The van der Waals surface area contributed by atoms with Gasteiger partial charge in [-0.25, -0.2) is 4.79 Å². The van der Waals surface area contributed by atoms with Crippen molar-refractivity contribution >= 4 is 28.5 Å². The molecule has 4 aromatic rings. The van der Waals surface area contributed by atoms with E-state index in [0.29, 0.717) is 37.0 Å². The number of carbonyl (C=O) groups is 1. The number of carboxylic acids is 1. The number of benzene rings is 3. The van der Waals surface area contributed by atoms with Crippen molar-refractivity contribution in [3.05, 3.63) is 100 Å². The molecular formula is C26H25ClN2O3. The van der Waals surface area contributed by atoms with Crippen LogP contribution >= 0.6 is 11.6 Å². The molecule has 0 aliphatic heterocycles. The Bertz CT molecular complexity index is 1230. The maximum atomic E-state index is 12.3. The first-order chi connectivity index (χ1) is 15.6. The number of hydrogen-bond acceptors (Lipinski definition) is 3. The van der Waals surface area contributed by atoms with Crippen LogP contribution in [0.1, 0.15) is 34.1 Å². The van der Waals surface area contributed by atoms with Crippen LogP contribution in [-0.2, 0) is 19.6 Å². The minimum atomic E-state index is -0.943. The van der Waals surface area contributed by atoms with E-state index in [1.165, 1.54) is 0 Å². The monoisotopic (exact) mass is 448 g/mol. The Labute approximate surface area is 192 Å². The SMILES string of the molecule is CCOc1ccccc1CNCc1c(C(=O)O)n(Cc2ccc(Cl)cc2)c2ccccc12. The third-order valence-corrected chi connectivity index (χ3v) is 5.67. The quantitative estimate of drug-likeness (QED) is 0.343. The van der Waals surface area contributed by atoms with Crippen molar-refractivity contribution in [3.63, 3.8) is 0 Å². The molecule has 5 nitrogen and oxygen atoms in total. The van der Waals surface area contributed by atoms with Gasteiger partial charge >= 0.3 is 5.97 Å². The van der Waals surface area contributed by atoms with Gasteiger partial charge in [0.25, 0.3) is 0 Å². The molecule has 0 fully saturated rings. The lowest BCUT2D eigenvalue weighted by Crippen LogP contribution is -2.17. The molecule has 0 radical (unpaired) electrons. The molecule has 0 spiro atoms. The van der Waals surface area contributed by atoms with Crippen LogP contribution in [-0.4, -0.2) is 22.2 Å². The van der Waals surface area contributed by atoms with Crippen molar-refractivity contribution in [2.24, 2.45) is 0 Å². The Balaban J connectivity index is 1.66. The lowest BCUT2D eigenvalue weighted by molar-refractivity contribution is 0.0684. The molecular weight excluding hydrogens is 424 g/mol. The lowest BCUT2D eigenvalue weighted by atomic mass is 10.1. The van der Waals surface area contributed by atoms with E-state index in [4.69, 9.17) is 16.3 Å². The van der Waals surface area contributed by atoms with Gasteiger partial charge in [-0.1, -0.05) is 60.1 Å². The molecule has 3 aromatic carbocycles. The summed E-state index contributed by atoms with van der Waals surface area (Å²) in [7, 11) is 0. The zero-order valence-electron chi connectivity index (χ0n) is 17.8. The first kappa shape index (κ1) is 21.9. The summed E-state index contributed by atoms with van der Waals surface area (Å²) in [5.74, 6) is -0.104. The molecule has 164 valence electrons. The van der Waals surface area contributed by atoms with E-state index < -0.39 is 5.97 Å². The largest absolute Gasteiger partial charge is 0.494 e. The third-order valence-electron chi connectivity index (χ3n) is 5.42. The van der Waals surface area contributed by atoms with E-state index >= 15 is 0 Å². The Hall–Kier alpha value is -3.28. The fourth-order valence-electron chi connectivity index (χ4n) is 4.00. The second kappa shape index (κ2) is 9.90. The summed E-state index contributed by atoms with van der Waals surface area (Å²) in [5.41, 5.74) is 3.99. The molecule has 0 unspecified atom stereocenters. The molecule has 6 heteroatoms. The summed E-state index contributed by atoms with van der Waals surface area (Å²) in [6.07, 6.45) is 0. The molecule has 1 heterocycles. The van der Waals surface area contributed by atoms with Gasteiger partial charge in [-0.15, -0.1) is 0 Å². The predicted octanol–water partition coefficient (Wildman–Crippen LogP) is 5.73. The van der Waals surface area contributed by atoms with Crippen LogP contribution in [0.3, 0.4) is 0 Å². The molecule has 0 saturated carbocycles. The van der Waals surface area contributed by atoms with Crippen molar-refractivity contribution in [1.29, 1.82) is 0 Å². The first-order valence-electron chi connectivity index (χ1n) is 10.6. The van der Waals surface area contributed by atoms with Crippen molar-refractivity contribution in [2.75, 3.05) is 6.61 Å². The normalized spacial score (nSPS) is 11.1. The van der Waals surface area contributed by atoms with E-state index in [-0.39, 0.29) is 0 Å². The first-order valence-corrected chi connectivity index (χ1v) is 11.0. The number of aromatic nitrogens is 1. The molecule has 1 aromatic heterocycles. The predicted molar refractivity (Wildman–Crippen MR) is 128 cm³/mol. The van der Waals surface area contributed by atoms with Crippen LogP contribution < -0.4 is 10.1 Å². The van der Waals surface area contributed by atoms with Crippen molar-refractivity contribution in [1.82, 2.24) is 9.88 Å². The molecule has 4 rings (SSSR count). The average Bonchev–Trinajstić information content (AvgIpc) is 3.10. The fraction of sp³-hybridized carbons (Fsp3) is 0.192. The van der Waals surface area contributed by atoms with Crippen LogP contribution in [0, 0.1) is 0 Å². The van der Waals surface area contributed by atoms with Gasteiger partial charge < -0.3 is 19.7 Å². The number of nitrogens with zero attached hydrogens (tertiary/aromatic N) is 1. The molecule has 32 heavy (non-hydrogen) atoms. The molecule has 0 atom stereocenters. The van der Waals surface area contributed by atoms with Crippen LogP contribution in [0.15, 0.2) is 72.8 Å². The number of para-hydroxylation sites is 2. The van der Waals surface area contributed by atoms with Gasteiger partial charge in [0.1, 0.15) is 11.4 Å². The van der Waals surface area contributed by atoms with Crippen molar-refractivity contribution < 1.29 is 14.6 Å². The summed E-state index contributed by atoms with van der Waals surface area (Å²) in [4.78, 5) is 12.3. The molecule has 0 saturated heterocycles. The maximum Gasteiger partial charge on any atom is 0.352 e. The smallest absolute Gasteiger partial charge is 0.352 e. The molecule has 0 bridgehead atoms. The zero-order valence-corrected chi connectivity index (χ0v) is 18.6. The number of rotatable bonds is 9. The Kier molecular flexibility index (Phi) is 6.78. The summed E-state index contributed by atoms with van der Waals surface area (Å²) in [6.45, 7) is 4.01. The maximum absolute atomic E-state index is 12.3. The van der Waals surface area contributed by atoms with E-state index in [1.807, 2.05) is 84.3 Å². The van der Waals surface area contributed by atoms with Gasteiger partial charge in [-0.2, -0.15) is 0 Å². The topological polar surface area (TPSA) is 63.5 Å². The standard InChI is InChI=1S/C26H25ClN2O3/c1-2-32-24-10-6-3-7-19(24)15-28-16-22-21-8-4-5-9-23(21)29(25(22)26(30)31)17-18-11-13-20(27)14-12-18/h3-14,28H,2,15-17H2,1H3,(H,30,31). The van der Waals surface area contributed by atoms with E-state index in [1.54, 1.807) is 0 Å². The highest BCUT2D eigenvalue weighted by atomic mass is 35.5. The minimum Gasteiger partial charge on any atom is -0.494 e. The van der Waals surface area contributed by atoms with Crippen molar-refractivity contribution in [2.45, 2.75) is 26.6 Å². The average molecular weight is 449 g/mol. The van der Waals surface area contributed by atoms with E-state index in [9.17, 15) is 9.90 Å². The summed E-state index contributed by atoms with van der Waals surface area (Å²) < 4.78 is 7.57. The highest BCUT2D eigenvalue weighted by molar-refractivity contribution is 6.30. The summed E-state index contributed by atoms with van der Waals surface area (Å²) >= 11 is 6.02. The molecule has 0 aliphatic carbocycles. The third kappa shape index (κ3) is 4.64. The minimum absolute atomic E-state index is 0.298. The number of carboxylic acid groups (broad SMARTS) is 1. The number of fused-ring (bicyclic) bond motifs is 1. The lowest BCUT2D eigenvalue weighted by Gasteiger charge is -2.12. The van der Waals surface area contributed by atoms with Gasteiger partial charge in [-0.05, 0) is 36.8 Å². The highest BCUT2D eigenvalue weighted by Gasteiger charge is 2.22. The van der Waals surface area contributed by atoms with E-state index in [2.05, 4.69) is 5.32 Å². The van der Waals surface area contributed by atoms with Crippen molar-refractivity contribution in [3.8, 4) is 5.75 Å². The number of hydrogen-bond donors (Lipinski definition) is 2. The highest BCUT2D eigenvalue weighted by Crippen LogP contribution is 2.28. The summed E-state index contributed by atoms with van der Waals surface area (Å²) in [5, 5.41) is 15.1. The Morgan fingerprint density at radius 1 is 1.00 bits per heavy atom. The Morgan fingerprint density at radius 2 is 1.72 bits per heavy atom. The van der Waals surface area contributed by atoms with Gasteiger partial charge in [0.05, 0.1) is 6.61 Å². The second-order valence-corrected chi connectivity index (χ2v) is 7.94. The molecule has 0 amide bonds. The fourth-order valence-corrected chi connectivity index (χ4v) is 4.13. The molecule has 2 N–H and O–H groups in total. The van der Waals surface area contributed by atoms with Gasteiger partial charge in [-0.3, -0.25) is 0 Å². The summed E-state index contributed by atoms with van der Waals surface area (Å²) in [6, 6.07) is 23.2. The van der Waals surface area contributed by atoms with Crippen LogP contribution in [0.25, 0.3) is 10.9 Å². The zero-order chi connectivity index (χ0) is 22.5. The number of nitrogens with one attached hydrogen (secondary N) is 1. The Morgan fingerprint density at radius 3 is 2.47 bits per heavy atom. The number of halogens is 1. The molecule has 0 aliphatic rings. The number of ether oxygens (including phenoxy) is 1. The second-order valence-electron chi connectivity index (χ2n) is 7.51.